The maximum atomic E-state index is 13.8. The number of para-hydroxylation sites is 1. The van der Waals surface area contributed by atoms with Crippen LogP contribution in [0.2, 0.25) is 5.02 Å². The molecule has 0 atom stereocenters. The minimum Gasteiger partial charge on any atom is -0.263 e. The van der Waals surface area contributed by atoms with Gasteiger partial charge in [0.2, 0.25) is 0 Å². The maximum Gasteiger partial charge on any atom is 0.252 e. The van der Waals surface area contributed by atoms with Gasteiger partial charge in [0.1, 0.15) is 11.5 Å². The van der Waals surface area contributed by atoms with E-state index in [2.05, 4.69) is 10.2 Å². The summed E-state index contributed by atoms with van der Waals surface area (Å²) in [4.78, 5) is 0. The molecule has 0 N–H and O–H groups in total. The Bertz CT molecular complexity index is 1310. The number of anilines is 1. The first-order valence-corrected chi connectivity index (χ1v) is 9.97. The second kappa shape index (κ2) is 7.59. The first kappa shape index (κ1) is 19.4. The lowest BCUT2D eigenvalue weighted by atomic mass is 10.0. The first-order valence-electron chi connectivity index (χ1n) is 9.59. The van der Waals surface area contributed by atoms with E-state index < -0.39 is 11.6 Å². The molecule has 0 fully saturated rings. The quantitative estimate of drug-likeness (QED) is 0.440. The van der Waals surface area contributed by atoms with Crippen LogP contribution >= 0.6 is 11.6 Å². The largest absolute Gasteiger partial charge is 0.263 e. The van der Waals surface area contributed by atoms with Gasteiger partial charge in [-0.1, -0.05) is 48.0 Å². The summed E-state index contributed by atoms with van der Waals surface area (Å²) in [6.07, 6.45) is 0. The van der Waals surface area contributed by atoms with Crippen molar-refractivity contribution in [1.82, 2.24) is 14.8 Å². The number of hydrogen-bond donors (Lipinski definition) is 0. The third kappa shape index (κ3) is 3.47. The summed E-state index contributed by atoms with van der Waals surface area (Å²) in [5.41, 5.74) is 3.89. The Balaban J connectivity index is 1.71. The smallest absolute Gasteiger partial charge is 0.252 e. The van der Waals surface area contributed by atoms with E-state index in [1.165, 1.54) is 12.1 Å². The molecular formula is C23H16ClF2N5. The van der Waals surface area contributed by atoms with Crippen molar-refractivity contribution in [2.45, 2.75) is 13.5 Å². The third-order valence-corrected chi connectivity index (χ3v) is 5.35. The van der Waals surface area contributed by atoms with Crippen molar-refractivity contribution in [3.63, 3.8) is 0 Å². The van der Waals surface area contributed by atoms with E-state index in [9.17, 15) is 8.78 Å². The molecule has 0 aliphatic carbocycles. The van der Waals surface area contributed by atoms with Gasteiger partial charge < -0.3 is 0 Å². The van der Waals surface area contributed by atoms with Gasteiger partial charge >= 0.3 is 0 Å². The summed E-state index contributed by atoms with van der Waals surface area (Å²) in [6, 6.07) is 19.0. The second-order valence-electron chi connectivity index (χ2n) is 7.16. The normalized spacial score (nSPS) is 12.8. The highest BCUT2D eigenvalue weighted by molar-refractivity contribution is 6.30. The van der Waals surface area contributed by atoms with Crippen LogP contribution in [-0.4, -0.2) is 20.5 Å². The molecule has 154 valence electrons. The molecule has 5 nitrogen and oxygen atoms in total. The van der Waals surface area contributed by atoms with Crippen molar-refractivity contribution in [3.8, 4) is 5.69 Å². The summed E-state index contributed by atoms with van der Waals surface area (Å²) in [5, 5.41) is 15.7. The van der Waals surface area contributed by atoms with Crippen LogP contribution in [0.3, 0.4) is 0 Å². The van der Waals surface area contributed by atoms with E-state index >= 15 is 0 Å². The maximum absolute atomic E-state index is 13.8. The SMILES string of the molecule is Cc1nnc2n1-c1ccccc1C(c1ccc(Cl)cc1)=NN2Cc1ccc(F)c(F)c1. The summed E-state index contributed by atoms with van der Waals surface area (Å²) in [6.45, 7) is 2.04. The molecular weight excluding hydrogens is 420 g/mol. The average molecular weight is 436 g/mol. The number of hydrogen-bond acceptors (Lipinski definition) is 4. The van der Waals surface area contributed by atoms with Gasteiger partial charge in [-0.3, -0.25) is 4.57 Å². The Hall–Kier alpha value is -3.58. The number of aryl methyl sites for hydroxylation is 1. The molecule has 0 unspecified atom stereocenters. The lowest BCUT2D eigenvalue weighted by Crippen LogP contribution is -2.20. The monoisotopic (exact) mass is 435 g/mol. The lowest BCUT2D eigenvalue weighted by Gasteiger charge is -2.18. The van der Waals surface area contributed by atoms with Crippen LogP contribution in [-0.2, 0) is 6.54 Å². The molecule has 8 heteroatoms. The van der Waals surface area contributed by atoms with Gasteiger partial charge in [-0.2, -0.15) is 5.10 Å². The van der Waals surface area contributed by atoms with Gasteiger partial charge in [0.25, 0.3) is 5.95 Å². The predicted molar refractivity (Wildman–Crippen MR) is 116 cm³/mol. The van der Waals surface area contributed by atoms with E-state index in [-0.39, 0.29) is 6.54 Å². The van der Waals surface area contributed by atoms with Gasteiger partial charge in [-0.25, -0.2) is 13.8 Å². The fourth-order valence-corrected chi connectivity index (χ4v) is 3.75. The average Bonchev–Trinajstić information content (AvgIpc) is 3.09. The van der Waals surface area contributed by atoms with Crippen molar-refractivity contribution < 1.29 is 8.78 Å². The van der Waals surface area contributed by atoms with Crippen LogP contribution in [0.15, 0.2) is 71.8 Å². The van der Waals surface area contributed by atoms with Crippen molar-refractivity contribution in [3.05, 3.63) is 106 Å². The molecule has 1 aliphatic rings. The topological polar surface area (TPSA) is 46.3 Å². The third-order valence-electron chi connectivity index (χ3n) is 5.09. The summed E-state index contributed by atoms with van der Waals surface area (Å²) in [7, 11) is 0. The van der Waals surface area contributed by atoms with Crippen LogP contribution in [0.1, 0.15) is 22.5 Å². The fraction of sp³-hybridized carbons (Fsp3) is 0.0870. The van der Waals surface area contributed by atoms with Crippen molar-refractivity contribution >= 4 is 23.3 Å². The van der Waals surface area contributed by atoms with Crippen LogP contribution in [0.5, 0.6) is 0 Å². The molecule has 0 amide bonds. The van der Waals surface area contributed by atoms with Gasteiger partial charge in [0, 0.05) is 16.1 Å². The predicted octanol–water partition coefficient (Wildman–Crippen LogP) is 5.28. The number of fused-ring (bicyclic) bond motifs is 3. The zero-order chi connectivity index (χ0) is 21.5. The molecule has 2 heterocycles. The Kier molecular flexibility index (Phi) is 4.75. The van der Waals surface area contributed by atoms with E-state index in [0.717, 1.165) is 22.9 Å². The second-order valence-corrected chi connectivity index (χ2v) is 7.60. The summed E-state index contributed by atoms with van der Waals surface area (Å²) in [5.74, 6) is -0.629. The van der Waals surface area contributed by atoms with E-state index in [4.69, 9.17) is 16.7 Å². The minimum atomic E-state index is -0.907. The zero-order valence-electron chi connectivity index (χ0n) is 16.4. The first-order chi connectivity index (χ1) is 15.0. The molecule has 31 heavy (non-hydrogen) atoms. The highest BCUT2D eigenvalue weighted by atomic mass is 35.5. The Labute approximate surface area is 182 Å². The molecule has 4 aromatic rings. The Morgan fingerprint density at radius 3 is 2.45 bits per heavy atom. The van der Waals surface area contributed by atoms with Crippen molar-refractivity contribution in [2.75, 3.05) is 5.01 Å². The fourth-order valence-electron chi connectivity index (χ4n) is 3.63. The number of benzene rings is 3. The van der Waals surface area contributed by atoms with E-state index in [1.54, 1.807) is 17.1 Å². The number of nitrogens with zero attached hydrogens (tertiary/aromatic N) is 5. The lowest BCUT2D eigenvalue weighted by molar-refractivity contribution is 0.507. The zero-order valence-corrected chi connectivity index (χ0v) is 17.2. The van der Waals surface area contributed by atoms with Gasteiger partial charge in [-0.15, -0.1) is 10.2 Å². The van der Waals surface area contributed by atoms with Crippen molar-refractivity contribution in [1.29, 1.82) is 0 Å². The summed E-state index contributed by atoms with van der Waals surface area (Å²) >= 11 is 6.08. The molecule has 0 saturated carbocycles. The van der Waals surface area contributed by atoms with Gasteiger partial charge in [-0.05, 0) is 42.8 Å². The Morgan fingerprint density at radius 1 is 0.903 bits per heavy atom. The van der Waals surface area contributed by atoms with Crippen molar-refractivity contribution in [2.24, 2.45) is 5.10 Å². The molecule has 5 rings (SSSR count). The van der Waals surface area contributed by atoms with Crippen LogP contribution in [0.25, 0.3) is 5.69 Å². The number of rotatable bonds is 3. The molecule has 0 radical (unpaired) electrons. The highest BCUT2D eigenvalue weighted by Crippen LogP contribution is 2.30. The molecule has 1 aliphatic heterocycles. The highest BCUT2D eigenvalue weighted by Gasteiger charge is 2.26. The van der Waals surface area contributed by atoms with Gasteiger partial charge in [0.15, 0.2) is 11.6 Å². The number of halogens is 3. The molecule has 3 aromatic carbocycles. The molecule has 0 bridgehead atoms. The molecule has 0 spiro atoms. The number of aromatic nitrogens is 3. The van der Waals surface area contributed by atoms with E-state index in [0.29, 0.717) is 28.1 Å². The minimum absolute atomic E-state index is 0.181. The molecule has 1 aromatic heterocycles. The van der Waals surface area contributed by atoms with Crippen LogP contribution in [0, 0.1) is 18.6 Å². The molecule has 0 saturated heterocycles. The number of hydrazone groups is 1. The standard InChI is InChI=1S/C23H16ClF2N5/c1-14-27-28-23-30(13-15-6-11-19(25)20(26)12-15)29-22(16-7-9-17(24)10-8-16)18-4-2-3-5-21(18)31(14)23/h2-12H,13H2,1H3. The summed E-state index contributed by atoms with van der Waals surface area (Å²) < 4.78 is 29.2. The van der Waals surface area contributed by atoms with Crippen LogP contribution in [0.4, 0.5) is 14.7 Å². The van der Waals surface area contributed by atoms with Gasteiger partial charge in [0.05, 0.1) is 12.2 Å². The van der Waals surface area contributed by atoms with E-state index in [1.807, 2.05) is 47.9 Å². The Morgan fingerprint density at radius 2 is 1.68 bits per heavy atom. The van der Waals surface area contributed by atoms with Crippen LogP contribution < -0.4 is 5.01 Å².